The average molecular weight is 182 g/mol. The fraction of sp³-hybridized carbons (Fsp3) is 0.750. The summed E-state index contributed by atoms with van der Waals surface area (Å²) >= 11 is 0. The van der Waals surface area contributed by atoms with Gasteiger partial charge < -0.3 is 0 Å². The highest BCUT2D eigenvalue weighted by molar-refractivity contribution is 5.78. The van der Waals surface area contributed by atoms with Crippen molar-refractivity contribution in [1.29, 1.82) is 0 Å². The highest BCUT2D eigenvalue weighted by Gasteiger charge is 2.10. The van der Waals surface area contributed by atoms with Gasteiger partial charge in [-0.2, -0.15) is 0 Å². The maximum absolute atomic E-state index is 11.4. The van der Waals surface area contributed by atoms with Gasteiger partial charge in [0.25, 0.3) is 0 Å². The summed E-state index contributed by atoms with van der Waals surface area (Å²) in [6.45, 7) is 10.1. The van der Waals surface area contributed by atoms with Crippen molar-refractivity contribution >= 4 is 5.78 Å². The van der Waals surface area contributed by atoms with E-state index in [0.717, 1.165) is 12.8 Å². The molecule has 0 aromatic rings. The summed E-state index contributed by atoms with van der Waals surface area (Å²) in [4.78, 5) is 11.4. The molecule has 1 heteroatoms. The zero-order valence-electron chi connectivity index (χ0n) is 9.18. The fourth-order valence-corrected chi connectivity index (χ4v) is 1.51. The van der Waals surface area contributed by atoms with Gasteiger partial charge in [-0.25, -0.2) is 0 Å². The highest BCUT2D eigenvalue weighted by atomic mass is 16.1. The number of carbonyl (C=O) groups is 1. The van der Waals surface area contributed by atoms with Gasteiger partial charge in [-0.3, -0.25) is 4.79 Å². The van der Waals surface area contributed by atoms with E-state index < -0.39 is 0 Å². The van der Waals surface area contributed by atoms with E-state index in [1.165, 1.54) is 0 Å². The zero-order valence-corrected chi connectivity index (χ0v) is 9.18. The van der Waals surface area contributed by atoms with Gasteiger partial charge in [0.2, 0.25) is 0 Å². The van der Waals surface area contributed by atoms with Crippen LogP contribution in [0, 0.1) is 11.8 Å². The number of hydrogen-bond acceptors (Lipinski definition) is 1. The van der Waals surface area contributed by atoms with Crippen LogP contribution in [0.1, 0.15) is 46.5 Å². The summed E-state index contributed by atoms with van der Waals surface area (Å²) in [6.07, 6.45) is 5.55. The molecule has 0 fully saturated rings. The molecule has 0 aliphatic rings. The van der Waals surface area contributed by atoms with Crippen LogP contribution in [0.5, 0.6) is 0 Å². The second-order valence-electron chi connectivity index (χ2n) is 4.13. The van der Waals surface area contributed by atoms with Crippen molar-refractivity contribution in [3.05, 3.63) is 12.7 Å². The number of allylic oxidation sites excluding steroid dienone is 1. The predicted octanol–water partition coefficient (Wildman–Crippen LogP) is 3.59. The summed E-state index contributed by atoms with van der Waals surface area (Å²) in [6, 6.07) is 0. The van der Waals surface area contributed by atoms with E-state index in [1.54, 1.807) is 0 Å². The van der Waals surface area contributed by atoms with Gasteiger partial charge in [-0.15, -0.1) is 6.58 Å². The first kappa shape index (κ1) is 12.4. The van der Waals surface area contributed by atoms with Gasteiger partial charge in [-0.1, -0.05) is 33.3 Å². The Morgan fingerprint density at radius 1 is 1.38 bits per heavy atom. The third kappa shape index (κ3) is 6.56. The molecule has 0 saturated carbocycles. The van der Waals surface area contributed by atoms with Crippen molar-refractivity contribution in [2.24, 2.45) is 11.8 Å². The fourth-order valence-electron chi connectivity index (χ4n) is 1.51. The molecule has 0 aliphatic heterocycles. The van der Waals surface area contributed by atoms with E-state index in [1.807, 2.05) is 6.08 Å². The number of carbonyl (C=O) groups excluding carboxylic acids is 1. The molecule has 0 rings (SSSR count). The van der Waals surface area contributed by atoms with Gasteiger partial charge in [-0.05, 0) is 18.3 Å². The SMILES string of the molecule is C=C[C@H](CCC)CC(=O)CC(C)C. The van der Waals surface area contributed by atoms with E-state index >= 15 is 0 Å². The minimum absolute atomic E-state index is 0.383. The first-order valence-corrected chi connectivity index (χ1v) is 5.24. The Hall–Kier alpha value is -0.590. The average Bonchev–Trinajstić information content (AvgIpc) is 2.02. The molecule has 0 aliphatic carbocycles. The monoisotopic (exact) mass is 182 g/mol. The minimum atomic E-state index is 0.383. The van der Waals surface area contributed by atoms with Crippen LogP contribution in [-0.2, 0) is 4.79 Å². The van der Waals surface area contributed by atoms with Crippen molar-refractivity contribution in [3.63, 3.8) is 0 Å². The van der Waals surface area contributed by atoms with Crippen LogP contribution >= 0.6 is 0 Å². The summed E-state index contributed by atoms with van der Waals surface area (Å²) in [5, 5.41) is 0. The molecule has 0 bridgehead atoms. The molecule has 0 aromatic carbocycles. The van der Waals surface area contributed by atoms with Crippen LogP contribution in [-0.4, -0.2) is 5.78 Å². The molecule has 0 N–H and O–H groups in total. The normalized spacial score (nSPS) is 12.9. The lowest BCUT2D eigenvalue weighted by Crippen LogP contribution is -2.08. The number of hydrogen-bond donors (Lipinski definition) is 0. The van der Waals surface area contributed by atoms with Crippen molar-refractivity contribution < 1.29 is 4.79 Å². The summed E-state index contributed by atoms with van der Waals surface area (Å²) in [5.74, 6) is 1.27. The molecular formula is C12H22O. The molecule has 13 heavy (non-hydrogen) atoms. The molecule has 0 spiro atoms. The molecule has 0 amide bonds. The Labute approximate surface area is 82.2 Å². The molecule has 76 valence electrons. The molecule has 1 atom stereocenters. The smallest absolute Gasteiger partial charge is 0.133 e. The van der Waals surface area contributed by atoms with Gasteiger partial charge in [0.05, 0.1) is 0 Å². The van der Waals surface area contributed by atoms with E-state index in [-0.39, 0.29) is 0 Å². The maximum atomic E-state index is 11.4. The van der Waals surface area contributed by atoms with Crippen LogP contribution in [0.2, 0.25) is 0 Å². The van der Waals surface area contributed by atoms with Crippen LogP contribution < -0.4 is 0 Å². The molecule has 0 unspecified atom stereocenters. The van der Waals surface area contributed by atoms with Gasteiger partial charge in [0.1, 0.15) is 5.78 Å². The lowest BCUT2D eigenvalue weighted by molar-refractivity contribution is -0.120. The predicted molar refractivity (Wildman–Crippen MR) is 57.7 cm³/mol. The minimum Gasteiger partial charge on any atom is -0.300 e. The third-order valence-corrected chi connectivity index (χ3v) is 2.12. The van der Waals surface area contributed by atoms with Crippen molar-refractivity contribution in [2.75, 3.05) is 0 Å². The Bertz CT molecular complexity index is 159. The van der Waals surface area contributed by atoms with Crippen molar-refractivity contribution in [2.45, 2.75) is 46.5 Å². The quantitative estimate of drug-likeness (QED) is 0.550. The third-order valence-electron chi connectivity index (χ3n) is 2.12. The Morgan fingerprint density at radius 2 is 2.00 bits per heavy atom. The highest BCUT2D eigenvalue weighted by Crippen LogP contribution is 2.15. The summed E-state index contributed by atoms with van der Waals surface area (Å²) in [5.41, 5.74) is 0. The van der Waals surface area contributed by atoms with Gasteiger partial charge >= 0.3 is 0 Å². The molecule has 0 radical (unpaired) electrons. The van der Waals surface area contributed by atoms with E-state index in [0.29, 0.717) is 30.5 Å². The van der Waals surface area contributed by atoms with Gasteiger partial charge in [0, 0.05) is 12.8 Å². The standard InChI is InChI=1S/C12H22O/c1-5-7-11(6-2)9-12(13)8-10(3)4/h6,10-11H,2,5,7-9H2,1,3-4H3/t11-/m1/s1. The number of rotatable bonds is 7. The zero-order chi connectivity index (χ0) is 10.3. The Balaban J connectivity index is 3.79. The van der Waals surface area contributed by atoms with Crippen molar-refractivity contribution in [3.8, 4) is 0 Å². The van der Waals surface area contributed by atoms with Gasteiger partial charge in [0.15, 0.2) is 0 Å². The van der Waals surface area contributed by atoms with Crippen LogP contribution in [0.25, 0.3) is 0 Å². The number of Topliss-reactive ketones (excluding diaryl/α,β-unsaturated/α-hetero) is 1. The first-order chi connectivity index (χ1) is 6.10. The largest absolute Gasteiger partial charge is 0.300 e. The van der Waals surface area contributed by atoms with Crippen LogP contribution in [0.4, 0.5) is 0 Å². The molecule has 0 saturated heterocycles. The number of ketones is 1. The van der Waals surface area contributed by atoms with Crippen molar-refractivity contribution in [1.82, 2.24) is 0 Å². The second-order valence-corrected chi connectivity index (χ2v) is 4.13. The summed E-state index contributed by atoms with van der Waals surface area (Å²) in [7, 11) is 0. The van der Waals surface area contributed by atoms with E-state index in [2.05, 4.69) is 27.4 Å². The second kappa shape index (κ2) is 6.88. The first-order valence-electron chi connectivity index (χ1n) is 5.24. The Kier molecular flexibility index (Phi) is 6.56. The van der Waals surface area contributed by atoms with Crippen LogP contribution in [0.15, 0.2) is 12.7 Å². The van der Waals surface area contributed by atoms with E-state index in [9.17, 15) is 4.79 Å². The maximum Gasteiger partial charge on any atom is 0.133 e. The summed E-state index contributed by atoms with van der Waals surface area (Å²) < 4.78 is 0. The molecular weight excluding hydrogens is 160 g/mol. The van der Waals surface area contributed by atoms with Crippen LogP contribution in [0.3, 0.4) is 0 Å². The van der Waals surface area contributed by atoms with E-state index in [4.69, 9.17) is 0 Å². The Morgan fingerprint density at radius 3 is 2.38 bits per heavy atom. The molecule has 0 aromatic heterocycles. The lowest BCUT2D eigenvalue weighted by atomic mass is 9.94. The topological polar surface area (TPSA) is 17.1 Å². The molecule has 1 nitrogen and oxygen atoms in total. The molecule has 0 heterocycles. The lowest BCUT2D eigenvalue weighted by Gasteiger charge is -2.10.